The highest BCUT2D eigenvalue weighted by molar-refractivity contribution is 7.89. The summed E-state index contributed by atoms with van der Waals surface area (Å²) >= 11 is 0. The molecule has 0 radical (unpaired) electrons. The van der Waals surface area contributed by atoms with Gasteiger partial charge in [-0.3, -0.25) is 4.79 Å². The van der Waals surface area contributed by atoms with Gasteiger partial charge in [0.2, 0.25) is 10.0 Å². The zero-order chi connectivity index (χ0) is 16.7. The fourth-order valence-electron chi connectivity index (χ4n) is 2.74. The first-order valence-corrected chi connectivity index (χ1v) is 9.53. The van der Waals surface area contributed by atoms with Gasteiger partial charge < -0.3 is 5.32 Å². The van der Waals surface area contributed by atoms with Gasteiger partial charge in [-0.25, -0.2) is 13.1 Å². The molecular formula is C17H24N2O3S. The molecule has 0 aliphatic heterocycles. The lowest BCUT2D eigenvalue weighted by atomic mass is 10.1. The Morgan fingerprint density at radius 2 is 1.74 bits per heavy atom. The zero-order valence-corrected chi connectivity index (χ0v) is 14.1. The molecule has 2 N–H and O–H groups in total. The molecule has 0 saturated heterocycles. The van der Waals surface area contributed by atoms with E-state index in [2.05, 4.69) is 16.6 Å². The molecule has 23 heavy (non-hydrogen) atoms. The lowest BCUT2D eigenvalue weighted by molar-refractivity contribution is 0.0958. The van der Waals surface area contributed by atoms with E-state index in [0.717, 1.165) is 25.7 Å². The Kier molecular flexibility index (Phi) is 6.36. The highest BCUT2D eigenvalue weighted by atomic mass is 32.2. The topological polar surface area (TPSA) is 75.3 Å². The minimum Gasteiger partial charge on any atom is -0.349 e. The van der Waals surface area contributed by atoms with Crippen LogP contribution in [0.5, 0.6) is 0 Å². The molecule has 0 unspecified atom stereocenters. The number of carbonyl (C=O) groups excluding carboxylic acids is 1. The number of sulfonamides is 1. The number of amides is 1. The van der Waals surface area contributed by atoms with Gasteiger partial charge in [0, 0.05) is 18.2 Å². The summed E-state index contributed by atoms with van der Waals surface area (Å²) in [7, 11) is -3.53. The summed E-state index contributed by atoms with van der Waals surface area (Å²) in [5.41, 5.74) is 0.431. The van der Waals surface area contributed by atoms with Crippen molar-refractivity contribution < 1.29 is 13.2 Å². The van der Waals surface area contributed by atoms with Crippen LogP contribution in [-0.2, 0) is 10.0 Å². The van der Waals surface area contributed by atoms with Crippen LogP contribution in [0.1, 0.15) is 48.9 Å². The van der Waals surface area contributed by atoms with Crippen molar-refractivity contribution in [2.45, 2.75) is 49.5 Å². The quantitative estimate of drug-likeness (QED) is 0.619. The molecule has 5 nitrogen and oxygen atoms in total. The van der Waals surface area contributed by atoms with E-state index in [1.165, 1.54) is 37.1 Å². The van der Waals surface area contributed by atoms with Crippen LogP contribution < -0.4 is 10.0 Å². The van der Waals surface area contributed by atoms with E-state index in [0.29, 0.717) is 12.1 Å². The minimum absolute atomic E-state index is 0.0121. The van der Waals surface area contributed by atoms with Gasteiger partial charge in [0.05, 0.1) is 4.90 Å². The lowest BCUT2D eigenvalue weighted by Gasteiger charge is -2.16. The van der Waals surface area contributed by atoms with Crippen molar-refractivity contribution in [3.63, 3.8) is 0 Å². The van der Waals surface area contributed by atoms with Crippen molar-refractivity contribution in [1.29, 1.82) is 0 Å². The van der Waals surface area contributed by atoms with Crippen molar-refractivity contribution in [3.05, 3.63) is 42.5 Å². The van der Waals surface area contributed by atoms with Gasteiger partial charge in [0.1, 0.15) is 0 Å². The van der Waals surface area contributed by atoms with Crippen LogP contribution in [0.15, 0.2) is 41.8 Å². The molecule has 1 aromatic carbocycles. The fraction of sp³-hybridized carbons (Fsp3) is 0.471. The third-order valence-corrected chi connectivity index (χ3v) is 5.55. The molecule has 1 aliphatic rings. The van der Waals surface area contributed by atoms with Gasteiger partial charge >= 0.3 is 0 Å². The van der Waals surface area contributed by atoms with Crippen molar-refractivity contribution in [3.8, 4) is 0 Å². The largest absolute Gasteiger partial charge is 0.349 e. The number of carbonyl (C=O) groups is 1. The second-order valence-electron chi connectivity index (χ2n) is 5.83. The third kappa shape index (κ3) is 5.18. The van der Waals surface area contributed by atoms with Crippen LogP contribution in [0, 0.1) is 0 Å². The van der Waals surface area contributed by atoms with Crippen LogP contribution in [0.3, 0.4) is 0 Å². The Labute approximate surface area is 138 Å². The minimum atomic E-state index is -3.53. The molecule has 0 aromatic heterocycles. The molecule has 126 valence electrons. The predicted octanol–water partition coefficient (Wildman–Crippen LogP) is 2.60. The van der Waals surface area contributed by atoms with Gasteiger partial charge in [-0.05, 0) is 37.1 Å². The molecule has 0 heterocycles. The van der Waals surface area contributed by atoms with Gasteiger partial charge in [0.25, 0.3) is 5.91 Å². The SMILES string of the molecule is C=CCNC(=O)c1ccc(S(=O)(=O)NC2CCCCCC2)cc1. The Hall–Kier alpha value is -1.66. The van der Waals surface area contributed by atoms with Crippen molar-refractivity contribution in [2.24, 2.45) is 0 Å². The molecule has 0 spiro atoms. The van der Waals surface area contributed by atoms with Gasteiger partial charge in [-0.1, -0.05) is 31.8 Å². The van der Waals surface area contributed by atoms with Crippen LogP contribution in [-0.4, -0.2) is 26.9 Å². The standard InChI is InChI=1S/C17H24N2O3S/c1-2-13-18-17(20)14-9-11-16(12-10-14)23(21,22)19-15-7-5-3-4-6-8-15/h2,9-12,15,19H,1,3-8,13H2,(H,18,20). The summed E-state index contributed by atoms with van der Waals surface area (Å²) in [5, 5.41) is 2.66. The molecule has 1 amide bonds. The maximum absolute atomic E-state index is 12.4. The van der Waals surface area contributed by atoms with Crippen LogP contribution >= 0.6 is 0 Å². The summed E-state index contributed by atoms with van der Waals surface area (Å²) in [5.74, 6) is -0.245. The summed E-state index contributed by atoms with van der Waals surface area (Å²) < 4.78 is 27.7. The molecule has 6 heteroatoms. The number of nitrogens with one attached hydrogen (secondary N) is 2. The first kappa shape index (κ1) is 17.7. The maximum Gasteiger partial charge on any atom is 0.251 e. The molecule has 0 atom stereocenters. The second-order valence-corrected chi connectivity index (χ2v) is 7.55. The summed E-state index contributed by atoms with van der Waals surface area (Å²) in [6, 6.07) is 6.02. The molecule has 0 bridgehead atoms. The van der Waals surface area contributed by atoms with E-state index in [9.17, 15) is 13.2 Å². The van der Waals surface area contributed by atoms with E-state index in [4.69, 9.17) is 0 Å². The summed E-state index contributed by atoms with van der Waals surface area (Å²) in [6.45, 7) is 3.91. The van der Waals surface area contributed by atoms with Crippen LogP contribution in [0.2, 0.25) is 0 Å². The van der Waals surface area contributed by atoms with Crippen molar-refractivity contribution in [2.75, 3.05) is 6.54 Å². The number of hydrogen-bond acceptors (Lipinski definition) is 3. The normalized spacial score (nSPS) is 16.5. The maximum atomic E-state index is 12.4. The number of benzene rings is 1. The third-order valence-electron chi connectivity index (χ3n) is 4.01. The second kappa shape index (κ2) is 8.26. The summed E-state index contributed by atoms with van der Waals surface area (Å²) in [6.07, 6.45) is 7.85. The van der Waals surface area contributed by atoms with E-state index < -0.39 is 10.0 Å². The Balaban J connectivity index is 2.04. The summed E-state index contributed by atoms with van der Waals surface area (Å²) in [4.78, 5) is 12.0. The van der Waals surface area contributed by atoms with Crippen molar-refractivity contribution in [1.82, 2.24) is 10.0 Å². The van der Waals surface area contributed by atoms with E-state index in [-0.39, 0.29) is 16.8 Å². The average molecular weight is 336 g/mol. The van der Waals surface area contributed by atoms with E-state index in [1.807, 2.05) is 0 Å². The number of hydrogen-bond donors (Lipinski definition) is 2. The molecule has 1 fully saturated rings. The predicted molar refractivity (Wildman–Crippen MR) is 90.8 cm³/mol. The fourth-order valence-corrected chi connectivity index (χ4v) is 4.04. The zero-order valence-electron chi connectivity index (χ0n) is 13.3. The number of rotatable bonds is 6. The molecule has 2 rings (SSSR count). The Bertz CT molecular complexity index is 630. The molecule has 1 aromatic rings. The average Bonchev–Trinajstić information content (AvgIpc) is 2.81. The first-order valence-electron chi connectivity index (χ1n) is 8.04. The smallest absolute Gasteiger partial charge is 0.251 e. The highest BCUT2D eigenvalue weighted by Crippen LogP contribution is 2.19. The Morgan fingerprint density at radius 1 is 1.13 bits per heavy atom. The van der Waals surface area contributed by atoms with Gasteiger partial charge in [0.15, 0.2) is 0 Å². The van der Waals surface area contributed by atoms with E-state index >= 15 is 0 Å². The first-order chi connectivity index (χ1) is 11.0. The van der Waals surface area contributed by atoms with Crippen LogP contribution in [0.4, 0.5) is 0 Å². The highest BCUT2D eigenvalue weighted by Gasteiger charge is 2.21. The van der Waals surface area contributed by atoms with E-state index in [1.54, 1.807) is 6.08 Å². The van der Waals surface area contributed by atoms with Crippen molar-refractivity contribution >= 4 is 15.9 Å². The lowest BCUT2D eigenvalue weighted by Crippen LogP contribution is -2.34. The van der Waals surface area contributed by atoms with Gasteiger partial charge in [-0.2, -0.15) is 0 Å². The molecule has 1 aliphatic carbocycles. The Morgan fingerprint density at radius 3 is 2.30 bits per heavy atom. The van der Waals surface area contributed by atoms with Crippen LogP contribution in [0.25, 0.3) is 0 Å². The molecule has 1 saturated carbocycles. The monoisotopic (exact) mass is 336 g/mol. The molecular weight excluding hydrogens is 312 g/mol. The van der Waals surface area contributed by atoms with Gasteiger partial charge in [-0.15, -0.1) is 6.58 Å².